The van der Waals surface area contributed by atoms with E-state index in [1.807, 2.05) is 44.4 Å². The maximum absolute atomic E-state index is 6.07. The van der Waals surface area contributed by atoms with E-state index in [1.165, 1.54) is 0 Å². The maximum Gasteiger partial charge on any atom is 0.0724 e. The third-order valence-corrected chi connectivity index (χ3v) is 3.53. The molecule has 0 amide bonds. The Kier molecular flexibility index (Phi) is 3.67. The number of pyridine rings is 1. The molecule has 0 saturated heterocycles. The second kappa shape index (κ2) is 5.62. The van der Waals surface area contributed by atoms with Crippen LogP contribution in [0.4, 0.5) is 17.1 Å². The standard InChI is InChI=1S/C17H15ClN3/c1-21(2)14-6-4-13(5-7-14)20-17-9-10-19-16-8-3-12(18)11-15(16)17/h3-8,10-11H,1-2H3,(H,19,20). The number of nitrogens with zero attached hydrogens (tertiary/aromatic N) is 2. The molecule has 0 saturated carbocycles. The first-order chi connectivity index (χ1) is 10.1. The van der Waals surface area contributed by atoms with Crippen LogP contribution < -0.4 is 10.2 Å². The highest BCUT2D eigenvalue weighted by Gasteiger charge is 2.04. The van der Waals surface area contributed by atoms with E-state index in [0.29, 0.717) is 5.02 Å². The Labute approximate surface area is 129 Å². The highest BCUT2D eigenvalue weighted by molar-refractivity contribution is 6.31. The molecular formula is C17H15ClN3. The molecule has 0 aliphatic heterocycles. The highest BCUT2D eigenvalue weighted by Crippen LogP contribution is 2.27. The van der Waals surface area contributed by atoms with Crippen LogP contribution in [-0.2, 0) is 0 Å². The zero-order valence-corrected chi connectivity index (χ0v) is 12.6. The van der Waals surface area contributed by atoms with E-state index >= 15 is 0 Å². The van der Waals surface area contributed by atoms with Crippen molar-refractivity contribution < 1.29 is 0 Å². The van der Waals surface area contributed by atoms with E-state index in [4.69, 9.17) is 11.6 Å². The van der Waals surface area contributed by atoms with Crippen molar-refractivity contribution in [1.82, 2.24) is 4.98 Å². The molecule has 105 valence electrons. The molecule has 1 N–H and O–H groups in total. The molecule has 0 spiro atoms. The molecule has 0 aliphatic rings. The number of aromatic nitrogens is 1. The van der Waals surface area contributed by atoms with Crippen molar-refractivity contribution in [2.24, 2.45) is 0 Å². The van der Waals surface area contributed by atoms with E-state index in [2.05, 4.69) is 33.4 Å². The zero-order chi connectivity index (χ0) is 14.8. The minimum Gasteiger partial charge on any atom is -0.378 e. The first-order valence-electron chi connectivity index (χ1n) is 6.64. The molecule has 0 aliphatic carbocycles. The van der Waals surface area contributed by atoms with Crippen molar-refractivity contribution in [2.75, 3.05) is 24.3 Å². The lowest BCUT2D eigenvalue weighted by Crippen LogP contribution is -2.08. The fourth-order valence-electron chi connectivity index (χ4n) is 2.16. The topological polar surface area (TPSA) is 28.2 Å². The Hall–Kier alpha value is -2.26. The molecule has 1 radical (unpaired) electrons. The fourth-order valence-corrected chi connectivity index (χ4v) is 2.33. The van der Waals surface area contributed by atoms with Crippen molar-refractivity contribution in [3.05, 3.63) is 59.8 Å². The van der Waals surface area contributed by atoms with Gasteiger partial charge in [0.05, 0.1) is 11.2 Å². The molecule has 3 aromatic rings. The van der Waals surface area contributed by atoms with Gasteiger partial charge in [-0.15, -0.1) is 0 Å². The summed E-state index contributed by atoms with van der Waals surface area (Å²) in [6, 6.07) is 17.0. The van der Waals surface area contributed by atoms with Gasteiger partial charge in [0, 0.05) is 48.1 Å². The lowest BCUT2D eigenvalue weighted by molar-refractivity contribution is 1.13. The first-order valence-corrected chi connectivity index (χ1v) is 7.01. The summed E-state index contributed by atoms with van der Waals surface area (Å²) in [6.07, 6.45) is 1.67. The molecule has 3 nitrogen and oxygen atoms in total. The van der Waals surface area contributed by atoms with E-state index in [9.17, 15) is 0 Å². The van der Waals surface area contributed by atoms with Gasteiger partial charge in [-0.3, -0.25) is 4.98 Å². The van der Waals surface area contributed by atoms with Crippen LogP contribution in [0.25, 0.3) is 10.9 Å². The maximum atomic E-state index is 6.07. The smallest absolute Gasteiger partial charge is 0.0724 e. The Morgan fingerprint density at radius 3 is 2.57 bits per heavy atom. The molecule has 0 fully saturated rings. The molecule has 4 heteroatoms. The van der Waals surface area contributed by atoms with Crippen LogP contribution in [0.15, 0.2) is 48.7 Å². The van der Waals surface area contributed by atoms with E-state index in [0.717, 1.165) is 28.0 Å². The van der Waals surface area contributed by atoms with Crippen molar-refractivity contribution in [3.8, 4) is 0 Å². The molecular weight excluding hydrogens is 282 g/mol. The molecule has 0 unspecified atom stereocenters. The minimum absolute atomic E-state index is 0.690. The van der Waals surface area contributed by atoms with Gasteiger partial charge in [-0.1, -0.05) is 11.6 Å². The Balaban J connectivity index is 1.96. The summed E-state index contributed by atoms with van der Waals surface area (Å²) in [7, 11) is 4.04. The number of nitrogens with one attached hydrogen (secondary N) is 1. The van der Waals surface area contributed by atoms with Crippen LogP contribution in [0.5, 0.6) is 0 Å². The van der Waals surface area contributed by atoms with Crippen LogP contribution in [0.2, 0.25) is 5.02 Å². The summed E-state index contributed by atoms with van der Waals surface area (Å²) < 4.78 is 0. The minimum atomic E-state index is 0.690. The second-order valence-corrected chi connectivity index (χ2v) is 5.44. The van der Waals surface area contributed by atoms with Gasteiger partial charge in [-0.25, -0.2) is 0 Å². The average molecular weight is 297 g/mol. The van der Waals surface area contributed by atoms with Crippen molar-refractivity contribution in [2.45, 2.75) is 0 Å². The molecule has 21 heavy (non-hydrogen) atoms. The predicted molar refractivity (Wildman–Crippen MR) is 89.6 cm³/mol. The van der Waals surface area contributed by atoms with Crippen LogP contribution in [-0.4, -0.2) is 19.1 Å². The monoisotopic (exact) mass is 296 g/mol. The van der Waals surface area contributed by atoms with Gasteiger partial charge in [-0.05, 0) is 42.5 Å². The molecule has 1 aromatic heterocycles. The third kappa shape index (κ3) is 2.93. The number of halogens is 1. The van der Waals surface area contributed by atoms with E-state index < -0.39 is 0 Å². The summed E-state index contributed by atoms with van der Waals surface area (Å²) in [4.78, 5) is 6.37. The highest BCUT2D eigenvalue weighted by atomic mass is 35.5. The van der Waals surface area contributed by atoms with Gasteiger partial charge in [0.15, 0.2) is 0 Å². The van der Waals surface area contributed by atoms with Gasteiger partial charge in [0.1, 0.15) is 0 Å². The number of anilines is 3. The second-order valence-electron chi connectivity index (χ2n) is 5.01. The summed E-state index contributed by atoms with van der Waals surface area (Å²) in [5.41, 5.74) is 3.93. The first kappa shape index (κ1) is 13.7. The largest absolute Gasteiger partial charge is 0.378 e. The number of hydrogen-bond acceptors (Lipinski definition) is 3. The van der Waals surface area contributed by atoms with Crippen molar-refractivity contribution >= 4 is 39.6 Å². The molecule has 3 rings (SSSR count). The number of benzene rings is 2. The number of fused-ring (bicyclic) bond motifs is 1. The van der Waals surface area contributed by atoms with Gasteiger partial charge in [0.25, 0.3) is 0 Å². The molecule has 1 heterocycles. The number of rotatable bonds is 3. The van der Waals surface area contributed by atoms with E-state index in [1.54, 1.807) is 6.20 Å². The van der Waals surface area contributed by atoms with Crippen molar-refractivity contribution in [1.29, 1.82) is 0 Å². The normalized spacial score (nSPS) is 10.6. The predicted octanol–water partition coefficient (Wildman–Crippen LogP) is 4.50. The molecule has 2 aromatic carbocycles. The van der Waals surface area contributed by atoms with Crippen LogP contribution >= 0.6 is 11.6 Å². The van der Waals surface area contributed by atoms with Gasteiger partial charge >= 0.3 is 0 Å². The quantitative estimate of drug-likeness (QED) is 0.771. The third-order valence-electron chi connectivity index (χ3n) is 3.29. The van der Waals surface area contributed by atoms with Gasteiger partial charge < -0.3 is 10.2 Å². The lowest BCUT2D eigenvalue weighted by Gasteiger charge is -2.14. The van der Waals surface area contributed by atoms with Gasteiger partial charge in [-0.2, -0.15) is 0 Å². The van der Waals surface area contributed by atoms with E-state index in [-0.39, 0.29) is 0 Å². The Bertz CT molecular complexity index is 767. The van der Waals surface area contributed by atoms with Crippen LogP contribution in [0.1, 0.15) is 0 Å². The van der Waals surface area contributed by atoms with Crippen molar-refractivity contribution in [3.63, 3.8) is 0 Å². The SMILES string of the molecule is CN(C)c1ccc(Nc2[c]cnc3ccc(Cl)cc23)cc1. The summed E-state index contributed by atoms with van der Waals surface area (Å²) in [5, 5.41) is 5.02. The number of hydrogen-bond donors (Lipinski definition) is 1. The Morgan fingerprint density at radius 2 is 1.86 bits per heavy atom. The van der Waals surface area contributed by atoms with Crippen LogP contribution in [0.3, 0.4) is 0 Å². The zero-order valence-electron chi connectivity index (χ0n) is 11.9. The Morgan fingerprint density at radius 1 is 1.10 bits per heavy atom. The van der Waals surface area contributed by atoms with Crippen LogP contribution in [0, 0.1) is 6.07 Å². The van der Waals surface area contributed by atoms with Gasteiger partial charge in [0.2, 0.25) is 0 Å². The summed E-state index contributed by atoms with van der Waals surface area (Å²) >= 11 is 6.07. The summed E-state index contributed by atoms with van der Waals surface area (Å²) in [6.45, 7) is 0. The molecule has 0 atom stereocenters. The average Bonchev–Trinajstić information content (AvgIpc) is 2.48. The molecule has 0 bridgehead atoms. The fraction of sp³-hybridized carbons (Fsp3) is 0.118. The lowest BCUT2D eigenvalue weighted by atomic mass is 10.1. The summed E-state index contributed by atoms with van der Waals surface area (Å²) in [5.74, 6) is 0.